The van der Waals surface area contributed by atoms with Gasteiger partial charge in [0.1, 0.15) is 0 Å². The van der Waals surface area contributed by atoms with Gasteiger partial charge in [-0.1, -0.05) is 13.8 Å². The quantitative estimate of drug-likeness (QED) is 0.764. The number of carbonyl (C=O) groups is 2. The maximum absolute atomic E-state index is 11.9. The fourth-order valence-electron chi connectivity index (χ4n) is 2.11. The highest BCUT2D eigenvalue weighted by Crippen LogP contribution is 2.31. The molecular weight excluding hydrogens is 238 g/mol. The van der Waals surface area contributed by atoms with Gasteiger partial charge >= 0.3 is 5.97 Å². The van der Waals surface area contributed by atoms with Gasteiger partial charge in [-0.25, -0.2) is 0 Å². The molecule has 1 fully saturated rings. The molecule has 1 amide bonds. The van der Waals surface area contributed by atoms with Gasteiger partial charge in [0.05, 0.1) is 5.41 Å². The summed E-state index contributed by atoms with van der Waals surface area (Å²) >= 11 is 1.83. The van der Waals surface area contributed by atoms with Crippen LogP contribution in [0.3, 0.4) is 0 Å². The zero-order valence-corrected chi connectivity index (χ0v) is 11.3. The Kier molecular flexibility index (Phi) is 5.31. The van der Waals surface area contributed by atoms with Crippen molar-refractivity contribution in [2.24, 2.45) is 5.41 Å². The number of aliphatic carboxylic acids is 1. The number of carboxylic acid groups (broad SMARTS) is 1. The first-order valence-corrected chi connectivity index (χ1v) is 7.30. The van der Waals surface area contributed by atoms with Gasteiger partial charge in [-0.15, -0.1) is 0 Å². The van der Waals surface area contributed by atoms with Gasteiger partial charge in [0.15, 0.2) is 0 Å². The Balaban J connectivity index is 2.54. The second kappa shape index (κ2) is 6.28. The van der Waals surface area contributed by atoms with E-state index in [1.165, 1.54) is 0 Å². The van der Waals surface area contributed by atoms with Crippen LogP contribution in [-0.2, 0) is 9.59 Å². The summed E-state index contributed by atoms with van der Waals surface area (Å²) in [6, 6.07) is 0.229. The van der Waals surface area contributed by atoms with E-state index in [1.54, 1.807) is 0 Å². The third kappa shape index (κ3) is 3.63. The second-order valence-corrected chi connectivity index (χ2v) is 5.75. The van der Waals surface area contributed by atoms with Crippen molar-refractivity contribution in [1.82, 2.24) is 5.32 Å². The van der Waals surface area contributed by atoms with E-state index < -0.39 is 11.4 Å². The van der Waals surface area contributed by atoms with Gasteiger partial charge in [-0.3, -0.25) is 9.59 Å². The van der Waals surface area contributed by atoms with Crippen LogP contribution < -0.4 is 5.32 Å². The lowest BCUT2D eigenvalue weighted by atomic mass is 9.79. The zero-order chi connectivity index (χ0) is 12.9. The van der Waals surface area contributed by atoms with E-state index in [9.17, 15) is 14.7 Å². The average Bonchev–Trinajstić information content (AvgIpc) is 2.78. The Labute approximate surface area is 107 Å². The van der Waals surface area contributed by atoms with Gasteiger partial charge in [-0.2, -0.15) is 11.8 Å². The van der Waals surface area contributed by atoms with Gasteiger partial charge in [0.25, 0.3) is 0 Å². The van der Waals surface area contributed by atoms with Crippen LogP contribution in [0.1, 0.15) is 39.5 Å². The Hall–Kier alpha value is -0.710. The first-order chi connectivity index (χ1) is 8.04. The molecule has 1 atom stereocenters. The molecule has 0 spiro atoms. The molecule has 0 saturated carbocycles. The highest BCUT2D eigenvalue weighted by molar-refractivity contribution is 7.99. The van der Waals surface area contributed by atoms with Crippen LogP contribution in [0.5, 0.6) is 0 Å². The molecule has 1 aliphatic heterocycles. The van der Waals surface area contributed by atoms with Crippen LogP contribution in [0.25, 0.3) is 0 Å². The molecule has 98 valence electrons. The van der Waals surface area contributed by atoms with Crippen LogP contribution in [0.4, 0.5) is 0 Å². The number of nitrogens with one attached hydrogen (secondary N) is 1. The minimum atomic E-state index is -0.893. The lowest BCUT2D eigenvalue weighted by Gasteiger charge is -2.26. The molecule has 0 aliphatic carbocycles. The van der Waals surface area contributed by atoms with Gasteiger partial charge in [0, 0.05) is 18.2 Å². The highest BCUT2D eigenvalue weighted by Gasteiger charge is 2.37. The predicted octanol–water partition coefficient (Wildman–Crippen LogP) is 1.89. The molecule has 0 bridgehead atoms. The van der Waals surface area contributed by atoms with E-state index in [0.29, 0.717) is 12.8 Å². The maximum Gasteiger partial charge on any atom is 0.310 e. The average molecular weight is 259 g/mol. The molecule has 1 rings (SSSR count). The first-order valence-electron chi connectivity index (χ1n) is 6.14. The van der Waals surface area contributed by atoms with E-state index in [1.807, 2.05) is 25.6 Å². The van der Waals surface area contributed by atoms with Crippen molar-refractivity contribution in [2.45, 2.75) is 45.6 Å². The van der Waals surface area contributed by atoms with E-state index in [-0.39, 0.29) is 18.4 Å². The van der Waals surface area contributed by atoms with Crippen molar-refractivity contribution in [3.8, 4) is 0 Å². The Bertz CT molecular complexity index is 283. The summed E-state index contributed by atoms with van der Waals surface area (Å²) in [7, 11) is 0. The number of carboxylic acids is 1. The molecule has 0 radical (unpaired) electrons. The van der Waals surface area contributed by atoms with Crippen molar-refractivity contribution < 1.29 is 14.7 Å². The SMILES string of the molecule is CCC(CC)(CC(=O)NC1CCSC1)C(=O)O. The topological polar surface area (TPSA) is 66.4 Å². The van der Waals surface area contributed by atoms with Crippen LogP contribution in [0.15, 0.2) is 0 Å². The summed E-state index contributed by atoms with van der Waals surface area (Å²) in [5.41, 5.74) is -0.893. The number of amides is 1. The molecule has 2 N–H and O–H groups in total. The second-order valence-electron chi connectivity index (χ2n) is 4.60. The predicted molar refractivity (Wildman–Crippen MR) is 69.1 cm³/mol. The summed E-state index contributed by atoms with van der Waals surface area (Å²) in [6.45, 7) is 3.66. The molecule has 0 aromatic carbocycles. The standard InChI is InChI=1S/C12H21NO3S/c1-3-12(4-2,11(15)16)7-10(14)13-9-5-6-17-8-9/h9H,3-8H2,1-2H3,(H,13,14)(H,15,16). The third-order valence-electron chi connectivity index (χ3n) is 3.60. The molecule has 0 aromatic heterocycles. The van der Waals surface area contributed by atoms with Gasteiger partial charge in [0.2, 0.25) is 5.91 Å². The molecular formula is C12H21NO3S. The maximum atomic E-state index is 11.9. The van der Waals surface area contributed by atoms with E-state index in [4.69, 9.17) is 0 Å². The molecule has 5 heteroatoms. The summed E-state index contributed by atoms with van der Waals surface area (Å²) < 4.78 is 0. The number of hydrogen-bond donors (Lipinski definition) is 2. The van der Waals surface area contributed by atoms with Crippen molar-refractivity contribution in [3.63, 3.8) is 0 Å². The molecule has 1 heterocycles. The number of rotatable bonds is 6. The largest absolute Gasteiger partial charge is 0.481 e. The minimum absolute atomic E-state index is 0.0937. The van der Waals surface area contributed by atoms with E-state index in [2.05, 4.69) is 5.32 Å². The molecule has 1 saturated heterocycles. The van der Waals surface area contributed by atoms with E-state index >= 15 is 0 Å². The zero-order valence-electron chi connectivity index (χ0n) is 10.5. The van der Waals surface area contributed by atoms with Crippen molar-refractivity contribution in [1.29, 1.82) is 0 Å². The first kappa shape index (κ1) is 14.4. The molecule has 0 aromatic rings. The van der Waals surface area contributed by atoms with Gasteiger partial charge in [-0.05, 0) is 25.0 Å². The fourth-order valence-corrected chi connectivity index (χ4v) is 3.26. The van der Waals surface area contributed by atoms with E-state index in [0.717, 1.165) is 17.9 Å². The lowest BCUT2D eigenvalue weighted by molar-refractivity contribution is -0.152. The molecule has 1 unspecified atom stereocenters. The molecule has 17 heavy (non-hydrogen) atoms. The van der Waals surface area contributed by atoms with Crippen molar-refractivity contribution in [2.75, 3.05) is 11.5 Å². The minimum Gasteiger partial charge on any atom is -0.481 e. The number of hydrogen-bond acceptors (Lipinski definition) is 3. The molecule has 4 nitrogen and oxygen atoms in total. The normalized spacial score (nSPS) is 20.2. The smallest absolute Gasteiger partial charge is 0.310 e. The fraction of sp³-hybridized carbons (Fsp3) is 0.833. The van der Waals surface area contributed by atoms with Gasteiger partial charge < -0.3 is 10.4 Å². The van der Waals surface area contributed by atoms with Crippen LogP contribution >= 0.6 is 11.8 Å². The summed E-state index contributed by atoms with van der Waals surface area (Å²) in [6.07, 6.45) is 2.07. The Morgan fingerprint density at radius 2 is 2.06 bits per heavy atom. The summed E-state index contributed by atoms with van der Waals surface area (Å²) in [5, 5.41) is 12.2. The lowest BCUT2D eigenvalue weighted by Crippen LogP contribution is -2.41. The Morgan fingerprint density at radius 3 is 2.47 bits per heavy atom. The monoisotopic (exact) mass is 259 g/mol. The van der Waals surface area contributed by atoms with Crippen LogP contribution in [-0.4, -0.2) is 34.5 Å². The highest BCUT2D eigenvalue weighted by atomic mass is 32.2. The summed E-state index contributed by atoms with van der Waals surface area (Å²) in [5.74, 6) is 1.04. The van der Waals surface area contributed by atoms with Crippen LogP contribution in [0.2, 0.25) is 0 Å². The van der Waals surface area contributed by atoms with Crippen molar-refractivity contribution in [3.05, 3.63) is 0 Å². The van der Waals surface area contributed by atoms with Crippen LogP contribution in [0, 0.1) is 5.41 Å². The third-order valence-corrected chi connectivity index (χ3v) is 4.76. The number of thioether (sulfide) groups is 1. The Morgan fingerprint density at radius 1 is 1.41 bits per heavy atom. The van der Waals surface area contributed by atoms with Crippen molar-refractivity contribution >= 4 is 23.6 Å². The molecule has 1 aliphatic rings. The summed E-state index contributed by atoms with van der Waals surface area (Å²) in [4.78, 5) is 23.1. The number of carbonyl (C=O) groups excluding carboxylic acids is 1.